The number of ether oxygens (including phenoxy) is 2. The molecule has 0 bridgehead atoms. The molecule has 63 heavy (non-hydrogen) atoms. The number of nitriles is 2. The number of carbonyl (C=O) groups is 4. The van der Waals surface area contributed by atoms with Crippen LogP contribution in [0.1, 0.15) is 101 Å². The summed E-state index contributed by atoms with van der Waals surface area (Å²) in [6.07, 6.45) is 2.85. The molecule has 2 aliphatic rings. The summed E-state index contributed by atoms with van der Waals surface area (Å²) in [7, 11) is 0. The lowest BCUT2D eigenvalue weighted by molar-refractivity contribution is -0.164. The van der Waals surface area contributed by atoms with Gasteiger partial charge in [-0.2, -0.15) is 10.5 Å². The highest BCUT2D eigenvalue weighted by atomic mass is 35.5. The molecule has 2 aromatic carbocycles. The van der Waals surface area contributed by atoms with E-state index in [0.29, 0.717) is 52.9 Å². The summed E-state index contributed by atoms with van der Waals surface area (Å²) in [5.41, 5.74) is 0.608. The minimum atomic E-state index is -0.964. The molecule has 2 heterocycles. The van der Waals surface area contributed by atoms with Crippen molar-refractivity contribution in [2.75, 3.05) is 31.6 Å². The quantitative estimate of drug-likeness (QED) is 0.101. The maximum absolute atomic E-state index is 13.8. The van der Waals surface area contributed by atoms with Crippen LogP contribution in [0.5, 0.6) is 5.75 Å². The topological polar surface area (TPSA) is 219 Å². The van der Waals surface area contributed by atoms with Crippen molar-refractivity contribution >= 4 is 41.0 Å². The van der Waals surface area contributed by atoms with Gasteiger partial charge in [-0.25, -0.2) is 4.98 Å². The van der Waals surface area contributed by atoms with Gasteiger partial charge in [0.05, 0.1) is 33.9 Å². The number of carbonyl (C=O) groups excluding carboxylic acids is 4. The van der Waals surface area contributed by atoms with Crippen molar-refractivity contribution in [3.8, 4) is 17.9 Å². The van der Waals surface area contributed by atoms with Crippen LogP contribution in [0.25, 0.3) is 0 Å². The van der Waals surface area contributed by atoms with Crippen LogP contribution in [0.4, 0.5) is 5.82 Å². The third-order valence-electron chi connectivity index (χ3n) is 11.8. The van der Waals surface area contributed by atoms with Crippen molar-refractivity contribution < 1.29 is 33.8 Å². The van der Waals surface area contributed by atoms with Gasteiger partial charge >= 0.3 is 0 Å². The number of aromatic nitrogens is 1. The number of hydrogen-bond acceptors (Lipinski definition) is 11. The maximum atomic E-state index is 13.8. The second kappa shape index (κ2) is 20.6. The number of rotatable bonds is 18. The summed E-state index contributed by atoms with van der Waals surface area (Å²) < 4.78 is 12.0. The second-order valence-corrected chi connectivity index (χ2v) is 19.0. The highest BCUT2D eigenvalue weighted by Crippen LogP contribution is 2.55. The van der Waals surface area contributed by atoms with Gasteiger partial charge < -0.3 is 40.7 Å². The monoisotopic (exact) mass is 882 g/mol. The molecule has 2 fully saturated rings. The van der Waals surface area contributed by atoms with E-state index >= 15 is 0 Å². The summed E-state index contributed by atoms with van der Waals surface area (Å²) in [5.74, 6) is -0.355. The highest BCUT2D eigenvalue weighted by Gasteiger charge is 2.64. The van der Waals surface area contributed by atoms with E-state index in [1.165, 1.54) is 4.90 Å². The molecule has 0 spiro atoms. The molecular formula is C47H59ClN8O7. The molecule has 3 atom stereocenters. The largest absolute Gasteiger partial charge is 0.489 e. The van der Waals surface area contributed by atoms with Gasteiger partial charge in [-0.05, 0) is 66.6 Å². The lowest BCUT2D eigenvalue weighted by Gasteiger charge is -2.63. The molecule has 1 aromatic heterocycles. The zero-order chi connectivity index (χ0) is 46.1. The minimum absolute atomic E-state index is 0.0317. The van der Waals surface area contributed by atoms with E-state index in [1.807, 2.05) is 48.5 Å². The summed E-state index contributed by atoms with van der Waals surface area (Å²) in [6, 6.07) is 17.3. The number of nitrogens with one attached hydrogen (secondary N) is 4. The zero-order valence-electron chi connectivity index (χ0n) is 37.1. The first-order chi connectivity index (χ1) is 29.8. The van der Waals surface area contributed by atoms with Crippen molar-refractivity contribution in [1.29, 1.82) is 10.5 Å². The third-order valence-corrected chi connectivity index (χ3v) is 12.1. The first kappa shape index (κ1) is 48.3. The Labute approximate surface area is 374 Å². The number of unbranched alkanes of at least 4 members (excludes halogenated alkanes) is 2. The normalized spacial score (nSPS) is 20.3. The van der Waals surface area contributed by atoms with Crippen LogP contribution < -0.4 is 26.0 Å². The Kier molecular flexibility index (Phi) is 15.8. The van der Waals surface area contributed by atoms with Gasteiger partial charge in [-0.1, -0.05) is 72.2 Å². The van der Waals surface area contributed by atoms with Gasteiger partial charge in [0.2, 0.25) is 17.7 Å². The van der Waals surface area contributed by atoms with Crippen molar-refractivity contribution in [1.82, 2.24) is 25.8 Å². The fourth-order valence-electron chi connectivity index (χ4n) is 8.66. The van der Waals surface area contributed by atoms with Crippen molar-refractivity contribution in [2.24, 2.45) is 16.2 Å². The van der Waals surface area contributed by atoms with E-state index in [4.69, 9.17) is 26.3 Å². The molecule has 4 amide bonds. The number of halogens is 1. The Morgan fingerprint density at radius 2 is 1.70 bits per heavy atom. The van der Waals surface area contributed by atoms with Gasteiger partial charge in [0.1, 0.15) is 42.4 Å². The van der Waals surface area contributed by atoms with Crippen LogP contribution >= 0.6 is 11.6 Å². The molecular weight excluding hydrogens is 824 g/mol. The number of amides is 4. The van der Waals surface area contributed by atoms with E-state index in [0.717, 1.165) is 18.4 Å². The molecule has 1 aliphatic heterocycles. The standard InChI is InChI=1S/C47H59ClN8O7/c1-45(2,3)39(42(61)56-27-33(57)21-36(56)41(60)53-25-30-13-11-29(23-49)12-14-30)54-38(58)28-62-20-10-8-9-19-51-37-18-16-32(26-52-37)40(59)55-43-46(4,5)44(47(43,6)7)63-34-17-15-31(24-50)35(48)22-34/h11-18,22,26,33,36,39,43-44,57H,8-10,19-21,25,27-28H2,1-7H3,(H,51,52)(H,53,60)(H,54,58)(H,55,59)/t33-,36+,39-,43?,44?/m1/s1. The van der Waals surface area contributed by atoms with E-state index in [9.17, 15) is 29.5 Å². The molecule has 5 N–H and O–H groups in total. The van der Waals surface area contributed by atoms with Gasteiger partial charge in [0.25, 0.3) is 5.91 Å². The summed E-state index contributed by atoms with van der Waals surface area (Å²) in [5, 5.41) is 41.1. The maximum Gasteiger partial charge on any atom is 0.253 e. The lowest BCUT2D eigenvalue weighted by atomic mass is 9.49. The number of aliphatic hydroxyl groups excluding tert-OH is 1. The Morgan fingerprint density at radius 1 is 0.984 bits per heavy atom. The fraction of sp³-hybridized carbons (Fsp3) is 0.511. The molecule has 1 saturated heterocycles. The smallest absolute Gasteiger partial charge is 0.253 e. The fourth-order valence-corrected chi connectivity index (χ4v) is 8.87. The Morgan fingerprint density at radius 3 is 2.32 bits per heavy atom. The number of hydrogen-bond donors (Lipinski definition) is 5. The van der Waals surface area contributed by atoms with Crippen molar-refractivity contribution in [3.05, 3.63) is 88.1 Å². The number of β-amino-alcohol motifs (C(OH)–C–C–N with tert-alkyl or cyclic N) is 1. The number of anilines is 1. The molecule has 5 rings (SSSR count). The van der Waals surface area contributed by atoms with Gasteiger partial charge in [-0.15, -0.1) is 0 Å². The van der Waals surface area contributed by atoms with E-state index in [-0.39, 0.29) is 44.2 Å². The van der Waals surface area contributed by atoms with Crippen LogP contribution in [-0.4, -0.2) is 95.3 Å². The van der Waals surface area contributed by atoms with E-state index in [1.54, 1.807) is 60.8 Å². The zero-order valence-corrected chi connectivity index (χ0v) is 37.8. The van der Waals surface area contributed by atoms with Crippen LogP contribution in [0.2, 0.25) is 5.02 Å². The number of likely N-dealkylation sites (tertiary alicyclic amines) is 1. The first-order valence-corrected chi connectivity index (χ1v) is 21.6. The molecule has 16 heteroatoms. The molecule has 3 aromatic rings. The van der Waals surface area contributed by atoms with Crippen LogP contribution in [0, 0.1) is 38.9 Å². The van der Waals surface area contributed by atoms with Gasteiger partial charge in [0, 0.05) is 61.8 Å². The predicted molar refractivity (Wildman–Crippen MR) is 237 cm³/mol. The average molecular weight is 883 g/mol. The van der Waals surface area contributed by atoms with Crippen molar-refractivity contribution in [3.63, 3.8) is 0 Å². The van der Waals surface area contributed by atoms with Crippen molar-refractivity contribution in [2.45, 2.75) is 111 Å². The second-order valence-electron chi connectivity index (χ2n) is 18.6. The average Bonchev–Trinajstić information content (AvgIpc) is 3.65. The lowest BCUT2D eigenvalue weighted by Crippen LogP contribution is -2.74. The number of nitrogens with zero attached hydrogens (tertiary/aromatic N) is 4. The SMILES string of the molecule is CC1(C)C(NC(=O)c2ccc(NCCCCCOCC(=O)N[C@H](C(=O)N3C[C@H](O)C[C@H]3C(=O)NCc3ccc(C#N)cc3)C(C)(C)C)nc2)C(C)(C)C1Oc1ccc(C#N)c(Cl)c1. The number of aliphatic hydroxyl groups is 1. The Bertz CT molecular complexity index is 2180. The number of benzene rings is 2. The molecule has 336 valence electrons. The summed E-state index contributed by atoms with van der Waals surface area (Å²) >= 11 is 6.22. The van der Waals surface area contributed by atoms with Crippen LogP contribution in [0.15, 0.2) is 60.8 Å². The van der Waals surface area contributed by atoms with E-state index in [2.05, 4.69) is 38.4 Å². The van der Waals surface area contributed by atoms with Crippen LogP contribution in [0.3, 0.4) is 0 Å². The molecule has 1 aliphatic carbocycles. The highest BCUT2D eigenvalue weighted by molar-refractivity contribution is 6.31. The van der Waals surface area contributed by atoms with Crippen LogP contribution in [-0.2, 0) is 25.7 Å². The number of pyridine rings is 1. The molecule has 15 nitrogen and oxygen atoms in total. The molecule has 1 saturated carbocycles. The van der Waals surface area contributed by atoms with E-state index < -0.39 is 52.2 Å². The Hall–Kier alpha value is -5.74. The Balaban J connectivity index is 0.991. The minimum Gasteiger partial charge on any atom is -0.489 e. The predicted octanol–water partition coefficient (Wildman–Crippen LogP) is 5.50. The third kappa shape index (κ3) is 12.0. The molecule has 0 radical (unpaired) electrons. The first-order valence-electron chi connectivity index (χ1n) is 21.3. The van der Waals surface area contributed by atoms with Gasteiger partial charge in [0.15, 0.2) is 0 Å². The molecule has 0 unspecified atom stereocenters. The summed E-state index contributed by atoms with van der Waals surface area (Å²) in [6.45, 7) is 14.6. The van der Waals surface area contributed by atoms with Gasteiger partial charge in [-0.3, -0.25) is 19.2 Å². The summed E-state index contributed by atoms with van der Waals surface area (Å²) in [4.78, 5) is 59.1.